The topological polar surface area (TPSA) is 59.8 Å². The van der Waals surface area contributed by atoms with Crippen LogP contribution in [0.2, 0.25) is 0 Å². The Labute approximate surface area is 231 Å². The highest BCUT2D eigenvalue weighted by Crippen LogP contribution is 2.24. The smallest absolute Gasteiger partial charge is 0.220 e. The summed E-state index contributed by atoms with van der Waals surface area (Å²) in [4.78, 5) is 12.3. The lowest BCUT2D eigenvalue weighted by Gasteiger charge is -2.11. The van der Waals surface area contributed by atoms with Gasteiger partial charge in [-0.15, -0.1) is 10.2 Å². The van der Waals surface area contributed by atoms with Crippen LogP contribution in [0.3, 0.4) is 0 Å². The van der Waals surface area contributed by atoms with Crippen LogP contribution in [-0.4, -0.2) is 27.2 Å². The Bertz CT molecular complexity index is 1270. The third kappa shape index (κ3) is 8.88. The summed E-state index contributed by atoms with van der Waals surface area (Å²) >= 11 is 1.75. The third-order valence-electron chi connectivity index (χ3n) is 6.54. The van der Waals surface area contributed by atoms with Crippen LogP contribution in [0, 0.1) is 13.8 Å². The first-order chi connectivity index (χ1) is 18.6. The van der Waals surface area contributed by atoms with Crippen LogP contribution in [0.5, 0.6) is 0 Å². The zero-order valence-electron chi connectivity index (χ0n) is 22.5. The Kier molecular flexibility index (Phi) is 10.6. The van der Waals surface area contributed by atoms with Gasteiger partial charge >= 0.3 is 0 Å². The van der Waals surface area contributed by atoms with Crippen molar-refractivity contribution >= 4 is 17.7 Å². The van der Waals surface area contributed by atoms with Crippen molar-refractivity contribution in [3.8, 4) is 0 Å². The van der Waals surface area contributed by atoms with E-state index in [1.807, 2.05) is 18.2 Å². The van der Waals surface area contributed by atoms with Gasteiger partial charge in [-0.1, -0.05) is 102 Å². The standard InChI is InChI=1S/C32H38N4OS/c1-25-21-26(2)23-29(22-25)24-38-32-35-34-30(36(32)20-18-28-13-7-4-8-14-28)15-9-10-16-31(37)33-19-17-27-11-5-3-6-12-27/h3-8,11-14,21-23H,9-10,15-20,24H2,1-2H3,(H,33,37). The van der Waals surface area contributed by atoms with E-state index < -0.39 is 0 Å². The van der Waals surface area contributed by atoms with Gasteiger partial charge in [0.05, 0.1) is 0 Å². The molecule has 0 unspecified atom stereocenters. The minimum Gasteiger partial charge on any atom is -0.356 e. The number of rotatable bonds is 14. The van der Waals surface area contributed by atoms with Crippen molar-refractivity contribution in [2.24, 2.45) is 0 Å². The molecule has 0 saturated carbocycles. The summed E-state index contributed by atoms with van der Waals surface area (Å²) in [7, 11) is 0. The molecular formula is C32H38N4OS. The number of carbonyl (C=O) groups is 1. The fourth-order valence-corrected chi connectivity index (χ4v) is 5.58. The summed E-state index contributed by atoms with van der Waals surface area (Å²) in [5.41, 5.74) is 6.44. The molecule has 5 nitrogen and oxygen atoms in total. The Hall–Kier alpha value is -3.38. The number of unbranched alkanes of at least 4 members (excludes halogenated alkanes) is 1. The minimum absolute atomic E-state index is 0.121. The number of nitrogens with one attached hydrogen (secondary N) is 1. The summed E-state index contributed by atoms with van der Waals surface area (Å²) in [6, 6.07) is 27.5. The second-order valence-electron chi connectivity index (χ2n) is 9.86. The Morgan fingerprint density at radius 2 is 1.45 bits per heavy atom. The molecule has 0 fully saturated rings. The molecule has 1 heterocycles. The van der Waals surface area contributed by atoms with Crippen molar-refractivity contribution in [1.82, 2.24) is 20.1 Å². The predicted molar refractivity (Wildman–Crippen MR) is 156 cm³/mol. The van der Waals surface area contributed by atoms with Crippen LogP contribution in [-0.2, 0) is 36.4 Å². The van der Waals surface area contributed by atoms with Crippen LogP contribution < -0.4 is 5.32 Å². The van der Waals surface area contributed by atoms with E-state index in [2.05, 4.69) is 94.6 Å². The average Bonchev–Trinajstić information content (AvgIpc) is 3.31. The van der Waals surface area contributed by atoms with E-state index in [1.54, 1.807) is 11.8 Å². The Balaban J connectivity index is 1.30. The van der Waals surface area contributed by atoms with E-state index in [4.69, 9.17) is 0 Å². The highest BCUT2D eigenvalue weighted by atomic mass is 32.2. The summed E-state index contributed by atoms with van der Waals surface area (Å²) in [6.45, 7) is 5.82. The Morgan fingerprint density at radius 1 is 0.789 bits per heavy atom. The lowest BCUT2D eigenvalue weighted by atomic mass is 10.1. The molecule has 1 aromatic heterocycles. The van der Waals surface area contributed by atoms with Gasteiger partial charge in [0.25, 0.3) is 0 Å². The maximum atomic E-state index is 12.3. The zero-order valence-corrected chi connectivity index (χ0v) is 23.3. The van der Waals surface area contributed by atoms with Crippen molar-refractivity contribution in [1.29, 1.82) is 0 Å². The van der Waals surface area contributed by atoms with Crippen LogP contribution in [0.4, 0.5) is 0 Å². The summed E-state index contributed by atoms with van der Waals surface area (Å²) in [5.74, 6) is 2.00. The molecule has 0 aliphatic carbocycles. The number of aromatic nitrogens is 3. The number of thioether (sulfide) groups is 1. The van der Waals surface area contributed by atoms with Crippen molar-refractivity contribution < 1.29 is 4.79 Å². The van der Waals surface area contributed by atoms with Crippen molar-refractivity contribution in [2.75, 3.05) is 6.54 Å². The molecule has 0 aliphatic heterocycles. The average molecular weight is 527 g/mol. The summed E-state index contributed by atoms with van der Waals surface area (Å²) in [5, 5.41) is 13.2. The lowest BCUT2D eigenvalue weighted by Crippen LogP contribution is -2.25. The largest absolute Gasteiger partial charge is 0.356 e. The van der Waals surface area contributed by atoms with Crippen LogP contribution in [0.1, 0.15) is 52.9 Å². The molecule has 198 valence electrons. The molecule has 38 heavy (non-hydrogen) atoms. The lowest BCUT2D eigenvalue weighted by molar-refractivity contribution is -0.121. The number of amides is 1. The number of hydrogen-bond donors (Lipinski definition) is 1. The molecule has 0 radical (unpaired) electrons. The van der Waals surface area contributed by atoms with Gasteiger partial charge in [-0.05, 0) is 56.2 Å². The van der Waals surface area contributed by atoms with Gasteiger partial charge in [0, 0.05) is 31.7 Å². The van der Waals surface area contributed by atoms with Gasteiger partial charge in [0.15, 0.2) is 5.16 Å². The second-order valence-corrected chi connectivity index (χ2v) is 10.8. The number of carbonyl (C=O) groups excluding carboxylic acids is 1. The number of benzene rings is 3. The predicted octanol–water partition coefficient (Wildman–Crippen LogP) is 6.50. The van der Waals surface area contributed by atoms with E-state index in [9.17, 15) is 4.79 Å². The maximum absolute atomic E-state index is 12.3. The number of nitrogens with zero attached hydrogens (tertiary/aromatic N) is 3. The number of aryl methyl sites for hydroxylation is 4. The van der Waals surface area contributed by atoms with E-state index in [0.29, 0.717) is 13.0 Å². The molecular weight excluding hydrogens is 488 g/mol. The normalized spacial score (nSPS) is 11.0. The minimum atomic E-state index is 0.121. The molecule has 6 heteroatoms. The fraction of sp³-hybridized carbons (Fsp3) is 0.344. The first kappa shape index (κ1) is 27.6. The quantitative estimate of drug-likeness (QED) is 0.150. The molecule has 4 aromatic rings. The molecule has 0 saturated heterocycles. The van der Waals surface area contributed by atoms with Gasteiger partial charge in [0.2, 0.25) is 5.91 Å². The fourth-order valence-electron chi connectivity index (χ4n) is 4.67. The molecule has 0 atom stereocenters. The molecule has 3 aromatic carbocycles. The second kappa shape index (κ2) is 14.5. The van der Waals surface area contributed by atoms with Gasteiger partial charge in [-0.2, -0.15) is 0 Å². The van der Waals surface area contributed by atoms with Gasteiger partial charge in [0.1, 0.15) is 5.82 Å². The first-order valence-corrected chi connectivity index (χ1v) is 14.5. The molecule has 0 spiro atoms. The number of hydrogen-bond acceptors (Lipinski definition) is 4. The highest BCUT2D eigenvalue weighted by molar-refractivity contribution is 7.98. The van der Waals surface area contributed by atoms with E-state index in [0.717, 1.165) is 55.4 Å². The molecule has 0 aliphatic rings. The van der Waals surface area contributed by atoms with Crippen LogP contribution in [0.15, 0.2) is 84.0 Å². The van der Waals surface area contributed by atoms with E-state index >= 15 is 0 Å². The van der Waals surface area contributed by atoms with Gasteiger partial charge in [-0.25, -0.2) is 0 Å². The van der Waals surface area contributed by atoms with Gasteiger partial charge < -0.3 is 9.88 Å². The zero-order chi connectivity index (χ0) is 26.6. The van der Waals surface area contributed by atoms with E-state index in [1.165, 1.54) is 27.8 Å². The van der Waals surface area contributed by atoms with Crippen molar-refractivity contribution in [3.63, 3.8) is 0 Å². The Morgan fingerprint density at radius 3 is 2.13 bits per heavy atom. The molecule has 0 bridgehead atoms. The molecule has 4 rings (SSSR count). The van der Waals surface area contributed by atoms with Crippen molar-refractivity contribution in [3.05, 3.63) is 113 Å². The SMILES string of the molecule is Cc1cc(C)cc(CSc2nnc(CCCCC(=O)NCCc3ccccc3)n2CCc2ccccc2)c1. The maximum Gasteiger partial charge on any atom is 0.220 e. The monoisotopic (exact) mass is 526 g/mol. The molecule has 1 amide bonds. The molecule has 1 N–H and O–H groups in total. The summed E-state index contributed by atoms with van der Waals surface area (Å²) < 4.78 is 2.28. The van der Waals surface area contributed by atoms with E-state index in [-0.39, 0.29) is 5.91 Å². The summed E-state index contributed by atoms with van der Waals surface area (Å²) in [6.07, 6.45) is 4.92. The third-order valence-corrected chi connectivity index (χ3v) is 7.58. The van der Waals surface area contributed by atoms with Crippen LogP contribution in [0.25, 0.3) is 0 Å². The van der Waals surface area contributed by atoms with Crippen molar-refractivity contribution in [2.45, 2.75) is 69.8 Å². The van der Waals surface area contributed by atoms with Crippen LogP contribution >= 0.6 is 11.8 Å². The van der Waals surface area contributed by atoms with Gasteiger partial charge in [-0.3, -0.25) is 4.79 Å². The highest BCUT2D eigenvalue weighted by Gasteiger charge is 2.14. The first-order valence-electron chi connectivity index (χ1n) is 13.5.